The van der Waals surface area contributed by atoms with E-state index in [2.05, 4.69) is 4.98 Å². The highest BCUT2D eigenvalue weighted by molar-refractivity contribution is 5.88. The van der Waals surface area contributed by atoms with E-state index in [1.165, 1.54) is 6.39 Å². The van der Waals surface area contributed by atoms with E-state index in [0.29, 0.717) is 22.5 Å². The van der Waals surface area contributed by atoms with E-state index in [-0.39, 0.29) is 0 Å². The molecule has 0 atom stereocenters. The van der Waals surface area contributed by atoms with Gasteiger partial charge in [-0.3, -0.25) is 0 Å². The summed E-state index contributed by atoms with van der Waals surface area (Å²) in [5, 5.41) is 0. The lowest BCUT2D eigenvalue weighted by Gasteiger charge is -1.94. The first-order valence-corrected chi connectivity index (χ1v) is 3.15. The van der Waals surface area contributed by atoms with E-state index in [1.54, 1.807) is 12.1 Å². The molecule has 0 bridgehead atoms. The van der Waals surface area contributed by atoms with Crippen LogP contribution in [0.25, 0.3) is 11.1 Å². The monoisotopic (exact) mass is 149 g/mol. The summed E-state index contributed by atoms with van der Waals surface area (Å²) in [7, 11) is 0. The van der Waals surface area contributed by atoms with Gasteiger partial charge in [-0.25, -0.2) is 4.98 Å². The van der Waals surface area contributed by atoms with Crippen molar-refractivity contribution in [3.63, 3.8) is 0 Å². The van der Waals surface area contributed by atoms with Crippen molar-refractivity contribution in [3.8, 4) is 0 Å². The second-order valence-electron chi connectivity index (χ2n) is 2.31. The first kappa shape index (κ1) is 6.03. The molecule has 1 aromatic heterocycles. The summed E-state index contributed by atoms with van der Waals surface area (Å²) in [5.41, 5.74) is 13.5. The van der Waals surface area contributed by atoms with Crippen molar-refractivity contribution in [2.24, 2.45) is 0 Å². The Balaban J connectivity index is 2.91. The van der Waals surface area contributed by atoms with Gasteiger partial charge in [0.05, 0.1) is 5.69 Å². The zero-order valence-corrected chi connectivity index (χ0v) is 5.74. The van der Waals surface area contributed by atoms with Gasteiger partial charge < -0.3 is 15.9 Å². The molecule has 0 aliphatic carbocycles. The van der Waals surface area contributed by atoms with Gasteiger partial charge in [-0.1, -0.05) is 0 Å². The molecule has 2 rings (SSSR count). The molecule has 0 unspecified atom stereocenters. The molecule has 0 aliphatic heterocycles. The third-order valence-electron chi connectivity index (χ3n) is 1.49. The number of fused-ring (bicyclic) bond motifs is 1. The standard InChI is InChI=1S/C7H7N3O/c8-4-1-5(9)7-6(2-4)11-3-10-7/h1-3H,8-9H2. The average molecular weight is 149 g/mol. The minimum Gasteiger partial charge on any atom is -0.443 e. The molecule has 2 aromatic rings. The van der Waals surface area contributed by atoms with Crippen molar-refractivity contribution in [1.82, 2.24) is 4.98 Å². The lowest BCUT2D eigenvalue weighted by atomic mass is 10.2. The fourth-order valence-corrected chi connectivity index (χ4v) is 1.02. The Morgan fingerprint density at radius 2 is 2.09 bits per heavy atom. The van der Waals surface area contributed by atoms with Crippen molar-refractivity contribution in [3.05, 3.63) is 18.5 Å². The van der Waals surface area contributed by atoms with Crippen LogP contribution in [0.2, 0.25) is 0 Å². The van der Waals surface area contributed by atoms with Crippen molar-refractivity contribution in [2.75, 3.05) is 11.5 Å². The average Bonchev–Trinajstić information content (AvgIpc) is 2.34. The van der Waals surface area contributed by atoms with Crippen LogP contribution in [0.15, 0.2) is 22.9 Å². The first-order valence-electron chi connectivity index (χ1n) is 3.15. The molecule has 0 aliphatic rings. The van der Waals surface area contributed by atoms with Crippen LogP contribution in [-0.2, 0) is 0 Å². The minimum atomic E-state index is 0.550. The van der Waals surface area contributed by atoms with Crippen LogP contribution < -0.4 is 11.5 Å². The third kappa shape index (κ3) is 0.797. The van der Waals surface area contributed by atoms with Crippen LogP contribution in [0.5, 0.6) is 0 Å². The Bertz CT molecular complexity index is 393. The summed E-state index contributed by atoms with van der Waals surface area (Å²) in [6.45, 7) is 0. The maximum Gasteiger partial charge on any atom is 0.182 e. The lowest BCUT2D eigenvalue weighted by molar-refractivity contribution is 0.602. The lowest BCUT2D eigenvalue weighted by Crippen LogP contribution is -1.90. The highest BCUT2D eigenvalue weighted by Crippen LogP contribution is 2.22. The van der Waals surface area contributed by atoms with E-state index >= 15 is 0 Å². The zero-order valence-electron chi connectivity index (χ0n) is 5.74. The summed E-state index contributed by atoms with van der Waals surface area (Å²) in [5.74, 6) is 0. The summed E-state index contributed by atoms with van der Waals surface area (Å²) in [6, 6.07) is 3.35. The van der Waals surface area contributed by atoms with Gasteiger partial charge in [0.25, 0.3) is 0 Å². The molecular weight excluding hydrogens is 142 g/mol. The fourth-order valence-electron chi connectivity index (χ4n) is 1.02. The second-order valence-corrected chi connectivity index (χ2v) is 2.31. The van der Waals surface area contributed by atoms with Gasteiger partial charge in [-0.15, -0.1) is 0 Å². The van der Waals surface area contributed by atoms with Gasteiger partial charge in [-0.05, 0) is 6.07 Å². The fraction of sp³-hybridized carbons (Fsp3) is 0. The van der Waals surface area contributed by atoms with E-state index in [0.717, 1.165) is 0 Å². The molecule has 4 N–H and O–H groups in total. The molecule has 0 saturated heterocycles. The number of aromatic nitrogens is 1. The van der Waals surface area contributed by atoms with E-state index in [9.17, 15) is 0 Å². The third-order valence-corrected chi connectivity index (χ3v) is 1.49. The number of oxazole rings is 1. The van der Waals surface area contributed by atoms with Gasteiger partial charge >= 0.3 is 0 Å². The Labute approximate surface area is 62.8 Å². The predicted molar refractivity (Wildman–Crippen MR) is 42.8 cm³/mol. The number of rotatable bonds is 0. The van der Waals surface area contributed by atoms with Gasteiger partial charge in [-0.2, -0.15) is 0 Å². The molecule has 4 heteroatoms. The van der Waals surface area contributed by atoms with Crippen molar-refractivity contribution in [2.45, 2.75) is 0 Å². The molecule has 56 valence electrons. The molecule has 0 fully saturated rings. The maximum atomic E-state index is 5.60. The highest BCUT2D eigenvalue weighted by Gasteiger charge is 2.02. The molecule has 11 heavy (non-hydrogen) atoms. The molecular formula is C7H7N3O. The summed E-state index contributed by atoms with van der Waals surface area (Å²) < 4.78 is 5.01. The minimum absolute atomic E-state index is 0.550. The number of benzene rings is 1. The van der Waals surface area contributed by atoms with Crippen LogP contribution in [-0.4, -0.2) is 4.98 Å². The molecule has 0 amide bonds. The second kappa shape index (κ2) is 1.88. The van der Waals surface area contributed by atoms with Gasteiger partial charge in [0.1, 0.15) is 5.52 Å². The number of anilines is 2. The highest BCUT2D eigenvalue weighted by atomic mass is 16.3. The molecule has 0 spiro atoms. The predicted octanol–water partition coefficient (Wildman–Crippen LogP) is 0.992. The topological polar surface area (TPSA) is 78.1 Å². The number of hydrogen-bond donors (Lipinski definition) is 2. The number of nitrogen functional groups attached to an aromatic ring is 2. The van der Waals surface area contributed by atoms with E-state index < -0.39 is 0 Å². The first-order chi connectivity index (χ1) is 5.27. The Morgan fingerprint density at radius 3 is 2.91 bits per heavy atom. The van der Waals surface area contributed by atoms with Crippen LogP contribution >= 0.6 is 0 Å². The molecule has 0 saturated carbocycles. The quantitative estimate of drug-likeness (QED) is 0.547. The summed E-state index contributed by atoms with van der Waals surface area (Å²) in [4.78, 5) is 3.91. The van der Waals surface area contributed by atoms with Crippen LogP contribution in [0.1, 0.15) is 0 Å². The molecule has 1 heterocycles. The number of nitrogens with two attached hydrogens (primary N) is 2. The van der Waals surface area contributed by atoms with E-state index in [1.807, 2.05) is 0 Å². The smallest absolute Gasteiger partial charge is 0.182 e. The largest absolute Gasteiger partial charge is 0.443 e. The molecule has 1 aromatic carbocycles. The van der Waals surface area contributed by atoms with E-state index in [4.69, 9.17) is 15.9 Å². The molecule has 0 radical (unpaired) electrons. The van der Waals surface area contributed by atoms with Gasteiger partial charge in [0.2, 0.25) is 0 Å². The van der Waals surface area contributed by atoms with Gasteiger partial charge in [0.15, 0.2) is 12.0 Å². The number of hydrogen-bond acceptors (Lipinski definition) is 4. The van der Waals surface area contributed by atoms with Crippen LogP contribution in [0.4, 0.5) is 11.4 Å². The van der Waals surface area contributed by atoms with Crippen LogP contribution in [0, 0.1) is 0 Å². The Hall–Kier alpha value is -1.71. The van der Waals surface area contributed by atoms with Gasteiger partial charge in [0, 0.05) is 11.8 Å². The number of nitrogens with zero attached hydrogens (tertiary/aromatic N) is 1. The van der Waals surface area contributed by atoms with Crippen molar-refractivity contribution >= 4 is 22.5 Å². The van der Waals surface area contributed by atoms with Crippen molar-refractivity contribution in [1.29, 1.82) is 0 Å². The molecule has 4 nitrogen and oxygen atoms in total. The summed E-state index contributed by atoms with van der Waals surface area (Å²) >= 11 is 0. The normalized spacial score (nSPS) is 10.5. The Kier molecular flexibility index (Phi) is 1.03. The zero-order chi connectivity index (χ0) is 7.84. The maximum absolute atomic E-state index is 5.60. The summed E-state index contributed by atoms with van der Waals surface area (Å²) in [6.07, 6.45) is 1.35. The van der Waals surface area contributed by atoms with Crippen molar-refractivity contribution < 1.29 is 4.42 Å². The SMILES string of the molecule is Nc1cc(N)c2ncoc2c1. The Morgan fingerprint density at radius 1 is 1.27 bits per heavy atom. The van der Waals surface area contributed by atoms with Crippen LogP contribution in [0.3, 0.4) is 0 Å².